The molecule has 0 spiro atoms. The molecule has 1 aromatic heterocycles. The molecule has 1 heterocycles. The molecule has 1 nitrogen and oxygen atoms in total. The molecular weight excluding hydrogens is 152 g/mol. The summed E-state index contributed by atoms with van der Waals surface area (Å²) in [7, 11) is 0. The van der Waals surface area contributed by atoms with Crippen molar-refractivity contribution in [1.82, 2.24) is 0 Å². The third kappa shape index (κ3) is 1.71. The summed E-state index contributed by atoms with van der Waals surface area (Å²) in [4.78, 5) is 1.85. The first-order valence-corrected chi connectivity index (χ1v) is 4.88. The van der Waals surface area contributed by atoms with Crippen molar-refractivity contribution in [1.29, 1.82) is 0 Å². The largest absolute Gasteiger partial charge is 0.612 e. The second-order valence-electron chi connectivity index (χ2n) is 1.70. The predicted octanol–water partition coefficient (Wildman–Crippen LogP) is 1.67. The Hall–Kier alpha value is 0.01000. The van der Waals surface area contributed by atoms with Crippen molar-refractivity contribution in [2.45, 2.75) is 4.90 Å². The van der Waals surface area contributed by atoms with Crippen LogP contribution in [0.2, 0.25) is 0 Å². The van der Waals surface area contributed by atoms with Crippen LogP contribution in [0.3, 0.4) is 0 Å². The molecule has 0 aromatic carbocycles. The van der Waals surface area contributed by atoms with Gasteiger partial charge in [0.25, 0.3) is 0 Å². The van der Waals surface area contributed by atoms with Gasteiger partial charge >= 0.3 is 0 Å². The minimum atomic E-state index is -0.838. The van der Waals surface area contributed by atoms with Gasteiger partial charge in [-0.25, -0.2) is 0 Å². The summed E-state index contributed by atoms with van der Waals surface area (Å²) in [6, 6.07) is 1.85. The van der Waals surface area contributed by atoms with Crippen molar-refractivity contribution in [3.63, 3.8) is 0 Å². The molecule has 1 radical (unpaired) electrons. The molecule has 1 unspecified atom stereocenters. The summed E-state index contributed by atoms with van der Waals surface area (Å²) in [5.41, 5.74) is 0. The Kier molecular flexibility index (Phi) is 2.16. The molecule has 0 fully saturated rings. The normalized spacial score (nSPS) is 13.7. The highest BCUT2D eigenvalue weighted by Gasteiger charge is 2.04. The van der Waals surface area contributed by atoms with Crippen LogP contribution >= 0.6 is 11.3 Å². The summed E-state index contributed by atoms with van der Waals surface area (Å²) in [5.74, 6) is 0. The van der Waals surface area contributed by atoms with Gasteiger partial charge in [-0.1, -0.05) is 0 Å². The summed E-state index contributed by atoms with van der Waals surface area (Å²) in [6.07, 6.45) is 1.67. The first-order valence-electron chi connectivity index (χ1n) is 2.44. The Morgan fingerprint density at radius 1 is 1.78 bits per heavy atom. The van der Waals surface area contributed by atoms with Crippen LogP contribution in [-0.2, 0) is 11.2 Å². The van der Waals surface area contributed by atoms with Crippen LogP contribution in [0, 0.1) is 6.92 Å². The van der Waals surface area contributed by atoms with E-state index in [-0.39, 0.29) is 0 Å². The van der Waals surface area contributed by atoms with Gasteiger partial charge in [-0.15, -0.1) is 11.3 Å². The van der Waals surface area contributed by atoms with Crippen LogP contribution < -0.4 is 0 Å². The molecule has 1 aromatic rings. The van der Waals surface area contributed by atoms with E-state index in [1.165, 1.54) is 11.3 Å². The van der Waals surface area contributed by atoms with Gasteiger partial charge in [0.1, 0.15) is 6.26 Å². The van der Waals surface area contributed by atoms with Gasteiger partial charge in [0.2, 0.25) is 0 Å². The van der Waals surface area contributed by atoms with E-state index in [4.69, 9.17) is 0 Å². The molecule has 0 saturated heterocycles. The lowest BCUT2D eigenvalue weighted by molar-refractivity contribution is 0.601. The Balaban J connectivity index is 2.85. The molecule has 1 atom stereocenters. The molecule has 0 aliphatic rings. The van der Waals surface area contributed by atoms with E-state index >= 15 is 0 Å². The lowest BCUT2D eigenvalue weighted by Crippen LogP contribution is -1.93. The summed E-state index contributed by atoms with van der Waals surface area (Å²) < 4.78 is 10.7. The van der Waals surface area contributed by atoms with Crippen molar-refractivity contribution in [2.24, 2.45) is 0 Å². The Morgan fingerprint density at radius 3 is 2.67 bits per heavy atom. The highest BCUT2D eigenvalue weighted by atomic mass is 32.2. The average Bonchev–Trinajstić information content (AvgIpc) is 2.14. The third-order valence-electron chi connectivity index (χ3n) is 0.962. The monoisotopic (exact) mass is 159 g/mol. The molecule has 9 heavy (non-hydrogen) atoms. The molecule has 0 aliphatic carbocycles. The van der Waals surface area contributed by atoms with Crippen LogP contribution in [0.25, 0.3) is 0 Å². The molecule has 0 bridgehead atoms. The molecule has 1 rings (SSSR count). The van der Waals surface area contributed by atoms with Gasteiger partial charge in [-0.05, 0) is 18.1 Å². The second kappa shape index (κ2) is 2.73. The lowest BCUT2D eigenvalue weighted by Gasteiger charge is -1.97. The number of thiophene rings is 1. The van der Waals surface area contributed by atoms with E-state index in [2.05, 4.69) is 6.92 Å². The summed E-state index contributed by atoms with van der Waals surface area (Å²) in [5, 5.41) is 1.87. The maximum atomic E-state index is 10.7. The maximum Gasteiger partial charge on any atom is 0.163 e. The molecule has 0 amide bonds. The quantitative estimate of drug-likeness (QED) is 0.572. The van der Waals surface area contributed by atoms with Crippen LogP contribution in [0.5, 0.6) is 0 Å². The minimum Gasteiger partial charge on any atom is -0.612 e. The molecule has 3 heteroatoms. The zero-order valence-electron chi connectivity index (χ0n) is 5.09. The van der Waals surface area contributed by atoms with Crippen molar-refractivity contribution < 1.29 is 4.55 Å². The van der Waals surface area contributed by atoms with Crippen LogP contribution in [0.15, 0.2) is 16.3 Å². The lowest BCUT2D eigenvalue weighted by atomic mass is 10.5. The smallest absolute Gasteiger partial charge is 0.163 e. The second-order valence-corrected chi connectivity index (χ2v) is 4.08. The van der Waals surface area contributed by atoms with E-state index < -0.39 is 11.2 Å². The van der Waals surface area contributed by atoms with E-state index in [0.29, 0.717) is 0 Å². The zero-order chi connectivity index (χ0) is 6.85. The standard InChI is InChI=1S/C6H7OS2/c1-5-3-6(4-8-5)9(2)7/h3-4H,1H2,2H3. The van der Waals surface area contributed by atoms with Gasteiger partial charge in [-0.3, -0.25) is 0 Å². The van der Waals surface area contributed by atoms with E-state index in [0.717, 1.165) is 9.77 Å². The van der Waals surface area contributed by atoms with Gasteiger partial charge in [0, 0.05) is 16.3 Å². The van der Waals surface area contributed by atoms with E-state index in [1.54, 1.807) is 6.26 Å². The molecule has 0 aliphatic heterocycles. The average molecular weight is 159 g/mol. The Morgan fingerprint density at radius 2 is 2.44 bits per heavy atom. The van der Waals surface area contributed by atoms with Gasteiger partial charge in [0.05, 0.1) is 0 Å². The number of hydrogen-bond acceptors (Lipinski definition) is 2. The molecular formula is C6H7OS2. The van der Waals surface area contributed by atoms with Gasteiger partial charge in [0.15, 0.2) is 4.90 Å². The first-order chi connectivity index (χ1) is 4.20. The fourth-order valence-corrected chi connectivity index (χ4v) is 2.11. The van der Waals surface area contributed by atoms with Crippen molar-refractivity contribution in [3.05, 3.63) is 23.2 Å². The van der Waals surface area contributed by atoms with Gasteiger partial charge in [-0.2, -0.15) is 0 Å². The Bertz CT molecular complexity index is 193. The Labute approximate surface area is 61.9 Å². The van der Waals surface area contributed by atoms with E-state index in [1.807, 2.05) is 11.4 Å². The third-order valence-corrected chi connectivity index (χ3v) is 2.80. The van der Waals surface area contributed by atoms with Crippen molar-refractivity contribution in [2.75, 3.05) is 6.26 Å². The highest BCUT2D eigenvalue weighted by molar-refractivity contribution is 7.90. The topological polar surface area (TPSA) is 23.1 Å². The maximum absolute atomic E-state index is 10.7. The predicted molar refractivity (Wildman–Crippen MR) is 41.1 cm³/mol. The van der Waals surface area contributed by atoms with Gasteiger partial charge < -0.3 is 4.55 Å². The van der Waals surface area contributed by atoms with E-state index in [9.17, 15) is 4.55 Å². The zero-order valence-corrected chi connectivity index (χ0v) is 6.72. The highest BCUT2D eigenvalue weighted by Crippen LogP contribution is 2.17. The van der Waals surface area contributed by atoms with Crippen molar-refractivity contribution >= 4 is 22.5 Å². The fraction of sp³-hybridized carbons (Fsp3) is 0.167. The SMILES string of the molecule is [CH2]c1cc([S+](C)[O-])cs1. The molecule has 0 N–H and O–H groups in total. The first kappa shape index (κ1) is 7.12. The number of hydrogen-bond donors (Lipinski definition) is 0. The van der Waals surface area contributed by atoms with Crippen LogP contribution in [0.1, 0.15) is 4.88 Å². The summed E-state index contributed by atoms with van der Waals surface area (Å²) in [6.45, 7) is 3.71. The summed E-state index contributed by atoms with van der Waals surface area (Å²) >= 11 is 0.691. The molecule has 0 saturated carbocycles. The van der Waals surface area contributed by atoms with Crippen LogP contribution in [-0.4, -0.2) is 10.8 Å². The minimum absolute atomic E-state index is 0.838. The molecule has 49 valence electrons. The van der Waals surface area contributed by atoms with Crippen LogP contribution in [0.4, 0.5) is 0 Å². The van der Waals surface area contributed by atoms with Crippen molar-refractivity contribution in [3.8, 4) is 0 Å². The number of rotatable bonds is 1. The fourth-order valence-electron chi connectivity index (χ4n) is 0.511.